The number of allylic oxidation sites excluding steroid dienone is 1. The Bertz CT molecular complexity index is 192. The third-order valence-corrected chi connectivity index (χ3v) is 1.57. The van der Waals surface area contributed by atoms with Crippen LogP contribution in [-0.4, -0.2) is 17.7 Å². The molecule has 0 unspecified atom stereocenters. The van der Waals surface area contributed by atoms with Crippen LogP contribution in [0.2, 0.25) is 0 Å². The SMILES string of the molecule is [CH2-]C(=O)OC/C(O)=C\CCCCC.[O]=[Co]. The zero-order chi connectivity index (χ0) is 12.1. The van der Waals surface area contributed by atoms with Gasteiger partial charge in [-0.15, -0.1) is 0 Å². The molecule has 0 aromatic carbocycles. The van der Waals surface area contributed by atoms with Crippen molar-refractivity contribution in [3.05, 3.63) is 18.8 Å². The molecular weight excluding hydrogens is 243 g/mol. The summed E-state index contributed by atoms with van der Waals surface area (Å²) in [6.45, 7) is 5.08. The second kappa shape index (κ2) is 13.2. The van der Waals surface area contributed by atoms with Crippen molar-refractivity contribution < 1.29 is 34.2 Å². The number of aliphatic hydroxyl groups excluding tert-OH is 1. The van der Waals surface area contributed by atoms with Crippen LogP contribution in [0, 0.1) is 6.92 Å². The molecular formula is C10H17CoO4-. The number of unbranched alkanes of at least 4 members (excludes halogenated alkanes) is 3. The van der Waals surface area contributed by atoms with Crippen LogP contribution in [-0.2, 0) is 29.1 Å². The molecule has 15 heavy (non-hydrogen) atoms. The number of ether oxygens (including phenoxy) is 1. The van der Waals surface area contributed by atoms with Gasteiger partial charge in [0, 0.05) is 0 Å². The summed E-state index contributed by atoms with van der Waals surface area (Å²) in [7, 11) is 0. The molecule has 0 aliphatic heterocycles. The molecule has 0 radical (unpaired) electrons. The Kier molecular flexibility index (Phi) is 14.6. The van der Waals surface area contributed by atoms with Gasteiger partial charge in [-0.25, -0.2) is 0 Å². The van der Waals surface area contributed by atoms with E-state index in [2.05, 4.69) is 34.3 Å². The summed E-state index contributed by atoms with van der Waals surface area (Å²) < 4.78 is 12.4. The van der Waals surface area contributed by atoms with Gasteiger partial charge in [-0.2, -0.15) is 0 Å². The first-order chi connectivity index (χ1) is 7.16. The number of hydrogen-bond donors (Lipinski definition) is 1. The fraction of sp³-hybridized carbons (Fsp3) is 0.600. The van der Waals surface area contributed by atoms with Crippen LogP contribution < -0.4 is 0 Å². The predicted molar refractivity (Wildman–Crippen MR) is 51.9 cm³/mol. The number of esters is 1. The van der Waals surface area contributed by atoms with Crippen molar-refractivity contribution in [1.82, 2.24) is 0 Å². The van der Waals surface area contributed by atoms with Crippen LogP contribution in [0.3, 0.4) is 0 Å². The molecule has 1 N–H and O–H groups in total. The third kappa shape index (κ3) is 15.9. The van der Waals surface area contributed by atoms with E-state index in [0.29, 0.717) is 0 Å². The Morgan fingerprint density at radius 2 is 2.07 bits per heavy atom. The van der Waals surface area contributed by atoms with E-state index in [4.69, 9.17) is 8.97 Å². The fourth-order valence-electron chi connectivity index (χ4n) is 0.876. The van der Waals surface area contributed by atoms with Crippen molar-refractivity contribution in [2.75, 3.05) is 6.61 Å². The summed E-state index contributed by atoms with van der Waals surface area (Å²) >= 11 is 2.31. The molecule has 91 valence electrons. The van der Waals surface area contributed by atoms with E-state index < -0.39 is 5.97 Å². The molecule has 5 heteroatoms. The maximum atomic E-state index is 10.3. The Morgan fingerprint density at radius 1 is 1.47 bits per heavy atom. The zero-order valence-corrected chi connectivity index (χ0v) is 9.87. The Labute approximate surface area is 98.5 Å². The predicted octanol–water partition coefficient (Wildman–Crippen LogP) is 2.26. The van der Waals surface area contributed by atoms with Crippen molar-refractivity contribution >= 4 is 5.97 Å². The van der Waals surface area contributed by atoms with Crippen molar-refractivity contribution in [1.29, 1.82) is 0 Å². The Morgan fingerprint density at radius 3 is 2.53 bits per heavy atom. The van der Waals surface area contributed by atoms with Gasteiger partial charge in [0.25, 0.3) is 0 Å². The summed E-state index contributed by atoms with van der Waals surface area (Å²) in [6, 6.07) is 0. The van der Waals surface area contributed by atoms with Crippen molar-refractivity contribution in [2.45, 2.75) is 32.6 Å². The van der Waals surface area contributed by atoms with Crippen molar-refractivity contribution in [3.63, 3.8) is 0 Å². The van der Waals surface area contributed by atoms with Gasteiger partial charge < -0.3 is 9.84 Å². The first kappa shape index (κ1) is 16.6. The standard InChI is InChI=1S/C10H17O3.Co.O/c1-3-4-5-6-7-10(12)8-13-9(2)11;;/h7,12H,2-6,8H2,1H3;;/q-1;;/b10-7+;;. The van der Waals surface area contributed by atoms with E-state index >= 15 is 0 Å². The van der Waals surface area contributed by atoms with Gasteiger partial charge in [-0.3, -0.25) is 11.7 Å². The van der Waals surface area contributed by atoms with Crippen LogP contribution in [0.25, 0.3) is 0 Å². The number of hydrogen-bond acceptors (Lipinski definition) is 4. The third-order valence-electron chi connectivity index (χ3n) is 1.57. The number of aliphatic hydroxyl groups is 1. The fourth-order valence-corrected chi connectivity index (χ4v) is 0.876. The molecule has 0 amide bonds. The number of carbonyl (C=O) groups excluding carboxylic acids is 1. The van der Waals surface area contributed by atoms with Crippen molar-refractivity contribution in [3.8, 4) is 0 Å². The van der Waals surface area contributed by atoms with E-state index in [1.807, 2.05) is 0 Å². The van der Waals surface area contributed by atoms with E-state index in [1.165, 1.54) is 0 Å². The van der Waals surface area contributed by atoms with Gasteiger partial charge in [0.05, 0.1) is 0 Å². The van der Waals surface area contributed by atoms with E-state index in [-0.39, 0.29) is 12.4 Å². The summed E-state index contributed by atoms with van der Waals surface area (Å²) in [5, 5.41) is 9.15. The topological polar surface area (TPSA) is 63.6 Å². The van der Waals surface area contributed by atoms with Gasteiger partial charge in [0.1, 0.15) is 12.4 Å². The van der Waals surface area contributed by atoms with Crippen LogP contribution in [0.5, 0.6) is 0 Å². The summed E-state index contributed by atoms with van der Waals surface area (Å²) in [5.41, 5.74) is 0. The van der Waals surface area contributed by atoms with E-state index in [1.54, 1.807) is 6.08 Å². The molecule has 0 atom stereocenters. The Balaban J connectivity index is 0. The van der Waals surface area contributed by atoms with Crippen LogP contribution in [0.4, 0.5) is 0 Å². The molecule has 0 bridgehead atoms. The Hall–Kier alpha value is -0.814. The summed E-state index contributed by atoms with van der Waals surface area (Å²) in [5.74, 6) is -0.512. The van der Waals surface area contributed by atoms with Gasteiger partial charge in [0.2, 0.25) is 0 Å². The number of carbonyl (C=O) groups is 1. The van der Waals surface area contributed by atoms with E-state index in [9.17, 15) is 4.79 Å². The molecule has 0 aromatic rings. The molecule has 4 nitrogen and oxygen atoms in total. The molecule has 0 saturated heterocycles. The quantitative estimate of drug-likeness (QED) is 0.344. The van der Waals surface area contributed by atoms with Gasteiger partial charge in [-0.05, 0) is 18.9 Å². The van der Waals surface area contributed by atoms with Gasteiger partial charge in [0.15, 0.2) is 5.97 Å². The normalized spacial score (nSPS) is 10.1. The minimum atomic E-state index is -0.617. The monoisotopic (exact) mass is 260 g/mol. The summed E-state index contributed by atoms with van der Waals surface area (Å²) in [4.78, 5) is 10.3. The van der Waals surface area contributed by atoms with Crippen LogP contribution >= 0.6 is 0 Å². The minimum absolute atomic E-state index is 0.0611. The molecule has 0 rings (SSSR count). The second-order valence-corrected chi connectivity index (χ2v) is 2.85. The van der Waals surface area contributed by atoms with Crippen molar-refractivity contribution in [2.24, 2.45) is 0 Å². The van der Waals surface area contributed by atoms with Crippen LogP contribution in [0.15, 0.2) is 11.8 Å². The molecule has 0 spiro atoms. The summed E-state index contributed by atoms with van der Waals surface area (Å²) in [6.07, 6.45) is 5.87. The molecule has 0 heterocycles. The van der Waals surface area contributed by atoms with Gasteiger partial charge >= 0.3 is 19.5 Å². The molecule has 0 aromatic heterocycles. The molecule has 0 saturated carbocycles. The maximum absolute atomic E-state index is 10.3. The van der Waals surface area contributed by atoms with E-state index in [0.717, 1.165) is 25.7 Å². The average molecular weight is 260 g/mol. The number of rotatable bonds is 6. The first-order valence-electron chi connectivity index (χ1n) is 4.67. The average Bonchev–Trinajstić information content (AvgIpc) is 2.24. The first-order valence-corrected chi connectivity index (χ1v) is 5.09. The van der Waals surface area contributed by atoms with Gasteiger partial charge in [-0.1, -0.05) is 19.8 Å². The second-order valence-electron chi connectivity index (χ2n) is 2.85. The molecule has 0 aliphatic rings. The molecule has 0 aliphatic carbocycles. The zero-order valence-electron chi connectivity index (χ0n) is 8.83. The molecule has 0 fully saturated rings. The van der Waals surface area contributed by atoms with Crippen LogP contribution in [0.1, 0.15) is 32.6 Å².